The molecule has 0 amide bonds. The number of rotatable bonds is 16. The third-order valence-corrected chi connectivity index (χ3v) is 11.0. The van der Waals surface area contributed by atoms with Crippen molar-refractivity contribution in [2.45, 2.75) is 157 Å². The van der Waals surface area contributed by atoms with E-state index in [0.717, 1.165) is 49.4 Å². The normalized spacial score (nSPS) is 31.4. The van der Waals surface area contributed by atoms with Gasteiger partial charge in [-0.3, -0.25) is 9.59 Å². The summed E-state index contributed by atoms with van der Waals surface area (Å²) in [4.78, 5) is 27.3. The van der Waals surface area contributed by atoms with Gasteiger partial charge in [-0.2, -0.15) is 0 Å². The lowest BCUT2D eigenvalue weighted by molar-refractivity contribution is -0.153. The Kier molecular flexibility index (Phi) is 13.4. The lowest BCUT2D eigenvalue weighted by atomic mass is 9.55. The van der Waals surface area contributed by atoms with Crippen molar-refractivity contribution in [1.82, 2.24) is 0 Å². The lowest BCUT2D eigenvalue weighted by Gasteiger charge is -2.46. The second-order valence-corrected chi connectivity index (χ2v) is 15.3. The average Bonchev–Trinajstić information content (AvgIpc) is 2.86. The fourth-order valence-electron chi connectivity index (χ4n) is 8.45. The van der Waals surface area contributed by atoms with Crippen LogP contribution in [0, 0.1) is 59.2 Å². The van der Waals surface area contributed by atoms with Crippen LogP contribution in [-0.4, -0.2) is 11.6 Å². The molecule has 3 fully saturated rings. The van der Waals surface area contributed by atoms with E-state index in [1.165, 1.54) is 89.9 Å². The molecule has 0 aromatic rings. The van der Waals surface area contributed by atoms with Gasteiger partial charge < -0.3 is 0 Å². The molecule has 8 atom stereocenters. The Morgan fingerprint density at radius 2 is 0.868 bits per heavy atom. The zero-order valence-electron chi connectivity index (χ0n) is 26.3. The minimum atomic E-state index is 0.0608. The van der Waals surface area contributed by atoms with Gasteiger partial charge in [-0.1, -0.05) is 119 Å². The molecule has 3 aliphatic carbocycles. The van der Waals surface area contributed by atoms with E-state index in [-0.39, 0.29) is 23.7 Å². The summed E-state index contributed by atoms with van der Waals surface area (Å²) in [6.07, 6.45) is 22.3. The minimum absolute atomic E-state index is 0.0608. The maximum atomic E-state index is 13.8. The second-order valence-electron chi connectivity index (χ2n) is 15.3. The number of fused-ring (bicyclic) bond motifs is 2. The SMILES string of the molecule is CC(C)CCCC(C)CCCC1CCC2C(=O)C3CCC(CCCC(C)CCCC(C)C)CC3C(=O)C2C1. The van der Waals surface area contributed by atoms with Crippen LogP contribution in [-0.2, 0) is 9.59 Å². The van der Waals surface area contributed by atoms with Crippen molar-refractivity contribution < 1.29 is 9.59 Å². The first-order valence-corrected chi connectivity index (χ1v) is 17.2. The number of carbonyl (C=O) groups is 2. The summed E-state index contributed by atoms with van der Waals surface area (Å²) in [5.74, 6) is 5.89. The van der Waals surface area contributed by atoms with Crippen molar-refractivity contribution in [3.63, 3.8) is 0 Å². The third kappa shape index (κ3) is 9.76. The molecule has 0 aromatic heterocycles. The van der Waals surface area contributed by atoms with Crippen LogP contribution >= 0.6 is 0 Å². The van der Waals surface area contributed by atoms with Crippen molar-refractivity contribution >= 4 is 11.6 Å². The summed E-state index contributed by atoms with van der Waals surface area (Å²) in [6.45, 7) is 14.1. The molecule has 2 heteroatoms. The number of hydrogen-bond acceptors (Lipinski definition) is 2. The molecule has 0 aromatic carbocycles. The van der Waals surface area contributed by atoms with Crippen LogP contribution in [0.15, 0.2) is 0 Å². The van der Waals surface area contributed by atoms with Crippen LogP contribution in [0.3, 0.4) is 0 Å². The van der Waals surface area contributed by atoms with E-state index in [0.29, 0.717) is 23.4 Å². The molecule has 2 nitrogen and oxygen atoms in total. The van der Waals surface area contributed by atoms with E-state index >= 15 is 0 Å². The number of ketones is 2. The summed E-state index contributed by atoms with van der Waals surface area (Å²) in [6, 6.07) is 0. The molecule has 38 heavy (non-hydrogen) atoms. The molecular formula is C36H64O2. The second kappa shape index (κ2) is 16.0. The monoisotopic (exact) mass is 528 g/mol. The first kappa shape index (κ1) is 31.9. The van der Waals surface area contributed by atoms with Gasteiger partial charge in [0.25, 0.3) is 0 Å². The first-order valence-electron chi connectivity index (χ1n) is 17.2. The van der Waals surface area contributed by atoms with Gasteiger partial charge in [-0.25, -0.2) is 0 Å². The molecule has 0 heterocycles. The average molecular weight is 529 g/mol. The molecule has 0 spiro atoms. The van der Waals surface area contributed by atoms with Crippen LogP contribution in [0.25, 0.3) is 0 Å². The highest BCUT2D eigenvalue weighted by Crippen LogP contribution is 2.50. The Balaban J connectivity index is 1.41. The molecule has 0 N–H and O–H groups in total. The fraction of sp³-hybridized carbons (Fsp3) is 0.944. The maximum Gasteiger partial charge on any atom is 0.140 e. The predicted octanol–water partition coefficient (Wildman–Crippen LogP) is 10.5. The number of hydrogen-bond donors (Lipinski definition) is 0. The maximum absolute atomic E-state index is 13.8. The van der Waals surface area contributed by atoms with Gasteiger partial charge in [0.05, 0.1) is 0 Å². The number of carbonyl (C=O) groups excluding carboxylic acids is 2. The van der Waals surface area contributed by atoms with E-state index in [4.69, 9.17) is 0 Å². The molecule has 0 aliphatic heterocycles. The smallest absolute Gasteiger partial charge is 0.140 e. The summed E-state index contributed by atoms with van der Waals surface area (Å²) in [5.41, 5.74) is 0. The topological polar surface area (TPSA) is 34.1 Å². The molecule has 0 saturated heterocycles. The quantitative estimate of drug-likeness (QED) is 0.200. The molecule has 0 bridgehead atoms. The van der Waals surface area contributed by atoms with Crippen LogP contribution in [0.5, 0.6) is 0 Å². The van der Waals surface area contributed by atoms with E-state index < -0.39 is 0 Å². The highest BCUT2D eigenvalue weighted by Gasteiger charge is 2.52. The largest absolute Gasteiger partial charge is 0.299 e. The van der Waals surface area contributed by atoms with Crippen molar-refractivity contribution in [2.24, 2.45) is 59.2 Å². The minimum Gasteiger partial charge on any atom is -0.299 e. The van der Waals surface area contributed by atoms with Gasteiger partial charge in [0.1, 0.15) is 11.6 Å². The van der Waals surface area contributed by atoms with Crippen molar-refractivity contribution in [2.75, 3.05) is 0 Å². The molecule has 0 radical (unpaired) electrons. The van der Waals surface area contributed by atoms with Gasteiger partial charge in [-0.05, 0) is 74.0 Å². The standard InChI is InChI=1S/C36H64O2/c1-25(2)11-7-13-27(5)15-9-17-29-19-21-31-33(23-29)36(38)34-24-30(20-22-32(34)35(31)37)18-10-16-28(6)14-8-12-26(3)4/h25-34H,7-24H2,1-6H3. The molecular weight excluding hydrogens is 464 g/mol. The Morgan fingerprint density at radius 1 is 0.500 bits per heavy atom. The Hall–Kier alpha value is -0.660. The molecule has 3 rings (SSSR count). The summed E-state index contributed by atoms with van der Waals surface area (Å²) >= 11 is 0. The number of Topliss-reactive ketones (excluding diaryl/α,β-unsaturated/α-hetero) is 2. The summed E-state index contributed by atoms with van der Waals surface area (Å²) < 4.78 is 0. The molecule has 3 aliphatic rings. The van der Waals surface area contributed by atoms with Crippen molar-refractivity contribution in [3.05, 3.63) is 0 Å². The van der Waals surface area contributed by atoms with Crippen LogP contribution < -0.4 is 0 Å². The first-order chi connectivity index (χ1) is 18.2. The van der Waals surface area contributed by atoms with Crippen molar-refractivity contribution in [3.8, 4) is 0 Å². The van der Waals surface area contributed by atoms with E-state index in [9.17, 15) is 9.59 Å². The van der Waals surface area contributed by atoms with Gasteiger partial charge in [-0.15, -0.1) is 0 Å². The molecule has 220 valence electrons. The van der Waals surface area contributed by atoms with Gasteiger partial charge >= 0.3 is 0 Å². The fourth-order valence-corrected chi connectivity index (χ4v) is 8.45. The predicted molar refractivity (Wildman–Crippen MR) is 162 cm³/mol. The van der Waals surface area contributed by atoms with E-state index in [1.54, 1.807) is 0 Å². The Bertz CT molecular complexity index is 652. The molecule has 3 saturated carbocycles. The van der Waals surface area contributed by atoms with Gasteiger partial charge in [0.15, 0.2) is 0 Å². The Morgan fingerprint density at radius 3 is 1.26 bits per heavy atom. The van der Waals surface area contributed by atoms with Crippen LogP contribution in [0.4, 0.5) is 0 Å². The van der Waals surface area contributed by atoms with Crippen LogP contribution in [0.2, 0.25) is 0 Å². The zero-order valence-corrected chi connectivity index (χ0v) is 26.3. The van der Waals surface area contributed by atoms with Crippen LogP contribution in [0.1, 0.15) is 157 Å². The van der Waals surface area contributed by atoms with Gasteiger partial charge in [0.2, 0.25) is 0 Å². The lowest BCUT2D eigenvalue weighted by Crippen LogP contribution is -2.51. The third-order valence-electron chi connectivity index (χ3n) is 11.0. The summed E-state index contributed by atoms with van der Waals surface area (Å²) in [7, 11) is 0. The Labute approximate surface area is 237 Å². The van der Waals surface area contributed by atoms with E-state index in [1.807, 2.05) is 0 Å². The zero-order chi connectivity index (χ0) is 27.7. The van der Waals surface area contributed by atoms with E-state index in [2.05, 4.69) is 41.5 Å². The summed E-state index contributed by atoms with van der Waals surface area (Å²) in [5, 5.41) is 0. The highest BCUT2D eigenvalue weighted by atomic mass is 16.1. The molecule has 8 unspecified atom stereocenters. The van der Waals surface area contributed by atoms with Crippen molar-refractivity contribution in [1.29, 1.82) is 0 Å². The van der Waals surface area contributed by atoms with Gasteiger partial charge in [0, 0.05) is 23.7 Å². The highest BCUT2D eigenvalue weighted by molar-refractivity contribution is 5.99.